The third-order valence-corrected chi connectivity index (χ3v) is 14.5. The standard InChI is InChI=1S/C44H53F3N10O6S/c1-27-22-31(10-11-33(27)49-40-48-25-32(44(45,46)47)38(51-40)55-17-7-15-43(4,61)26-55)64(62,63)52-29-23-30(24-29)54-18-20-56(21-19-54)42(2,3)16-14-28-8-6-9-34-37(28)53(5)41(60)57(34)35-12-13-36(58)50-39(35)59/h6,8-11,22,25,29-30,35,52,61H,7,12-13,15,17-21,23-24,26H2,1-5H3,(H,48,49,51)(H,50,58,59)/t29?,30?,35?,43-/m0/s1. The number of anilines is 3. The average molecular weight is 907 g/mol. The molecule has 20 heteroatoms. The summed E-state index contributed by atoms with van der Waals surface area (Å²) in [7, 11) is -2.23. The highest BCUT2D eigenvalue weighted by atomic mass is 32.2. The van der Waals surface area contributed by atoms with Crippen LogP contribution >= 0.6 is 0 Å². The van der Waals surface area contributed by atoms with E-state index in [1.165, 1.54) is 32.2 Å². The Morgan fingerprint density at radius 2 is 1.77 bits per heavy atom. The quantitative estimate of drug-likeness (QED) is 0.141. The van der Waals surface area contributed by atoms with E-state index in [0.717, 1.165) is 32.4 Å². The van der Waals surface area contributed by atoms with Gasteiger partial charge in [0.05, 0.1) is 32.6 Å². The van der Waals surface area contributed by atoms with E-state index in [1.807, 2.05) is 12.1 Å². The fourth-order valence-corrected chi connectivity index (χ4v) is 10.7. The van der Waals surface area contributed by atoms with Gasteiger partial charge >= 0.3 is 11.9 Å². The number of nitrogens with one attached hydrogen (secondary N) is 3. The maximum absolute atomic E-state index is 14.0. The number of β-amino-alcohol motifs (C(OH)–C–C–N with tert-alkyl or cyclic N) is 1. The predicted octanol–water partition coefficient (Wildman–Crippen LogP) is 3.79. The van der Waals surface area contributed by atoms with Crippen LogP contribution in [0.2, 0.25) is 0 Å². The van der Waals surface area contributed by atoms with Gasteiger partial charge in [-0.2, -0.15) is 18.2 Å². The van der Waals surface area contributed by atoms with Crippen molar-refractivity contribution >= 4 is 50.3 Å². The molecule has 4 N–H and O–H groups in total. The van der Waals surface area contributed by atoms with Gasteiger partial charge in [0.15, 0.2) is 0 Å². The van der Waals surface area contributed by atoms with Gasteiger partial charge in [-0.1, -0.05) is 17.9 Å². The molecule has 2 amide bonds. The molecule has 4 aromatic rings. The number of aliphatic hydroxyl groups is 1. The van der Waals surface area contributed by atoms with Gasteiger partial charge in [-0.25, -0.2) is 22.9 Å². The number of fused-ring (bicyclic) bond motifs is 1. The fourth-order valence-electron chi connectivity index (χ4n) is 9.32. The van der Waals surface area contributed by atoms with Gasteiger partial charge in [0.2, 0.25) is 27.8 Å². The van der Waals surface area contributed by atoms with Crippen LogP contribution in [-0.2, 0) is 32.8 Å². The minimum Gasteiger partial charge on any atom is -0.388 e. The molecule has 4 fully saturated rings. The molecular weight excluding hydrogens is 854 g/mol. The van der Waals surface area contributed by atoms with Crippen LogP contribution in [0, 0.1) is 18.8 Å². The molecule has 0 spiro atoms. The van der Waals surface area contributed by atoms with Crippen molar-refractivity contribution in [3.63, 3.8) is 0 Å². The van der Waals surface area contributed by atoms with Crippen molar-refractivity contribution in [1.29, 1.82) is 0 Å². The number of halogens is 3. The summed E-state index contributed by atoms with van der Waals surface area (Å²) in [5.74, 6) is 5.48. The van der Waals surface area contributed by atoms with Gasteiger partial charge < -0.3 is 15.3 Å². The molecule has 16 nitrogen and oxygen atoms in total. The first-order valence-corrected chi connectivity index (χ1v) is 23.0. The molecule has 2 atom stereocenters. The molecule has 1 aliphatic carbocycles. The lowest BCUT2D eigenvalue weighted by Gasteiger charge is -2.48. The van der Waals surface area contributed by atoms with Gasteiger partial charge in [0.1, 0.15) is 17.4 Å². The van der Waals surface area contributed by atoms with Crippen molar-refractivity contribution in [3.05, 3.63) is 69.8 Å². The van der Waals surface area contributed by atoms with Crippen molar-refractivity contribution in [2.24, 2.45) is 7.05 Å². The second-order valence-electron chi connectivity index (χ2n) is 18.2. The molecule has 5 heterocycles. The fraction of sp³-hybridized carbons (Fsp3) is 0.523. The molecule has 1 unspecified atom stereocenters. The van der Waals surface area contributed by atoms with Crippen molar-refractivity contribution in [2.75, 3.05) is 49.5 Å². The first-order chi connectivity index (χ1) is 30.1. The number of nitrogens with zero attached hydrogens (tertiary/aromatic N) is 7. The molecule has 1 saturated carbocycles. The van der Waals surface area contributed by atoms with Crippen molar-refractivity contribution in [3.8, 4) is 11.8 Å². The predicted molar refractivity (Wildman–Crippen MR) is 233 cm³/mol. The number of carbonyl (C=O) groups is 2. The van der Waals surface area contributed by atoms with Gasteiger partial charge in [0.25, 0.3) is 0 Å². The van der Waals surface area contributed by atoms with Crippen molar-refractivity contribution in [2.45, 2.75) is 107 Å². The van der Waals surface area contributed by atoms with Gasteiger partial charge in [-0.3, -0.25) is 33.8 Å². The Labute approximate surface area is 369 Å². The molecule has 342 valence electrons. The molecule has 0 radical (unpaired) electrons. The number of alkyl halides is 3. The third-order valence-electron chi connectivity index (χ3n) is 13.0. The zero-order valence-corrected chi connectivity index (χ0v) is 37.2. The monoisotopic (exact) mass is 906 g/mol. The lowest BCUT2D eigenvalue weighted by molar-refractivity contribution is -0.138. The van der Waals surface area contributed by atoms with Gasteiger partial charge in [-0.15, -0.1) is 0 Å². The number of rotatable bonds is 9. The number of aryl methyl sites for hydroxylation is 2. The summed E-state index contributed by atoms with van der Waals surface area (Å²) < 4.78 is 74.7. The van der Waals surface area contributed by atoms with E-state index in [1.54, 1.807) is 27.0 Å². The van der Waals surface area contributed by atoms with E-state index in [9.17, 15) is 41.1 Å². The Hall–Kier alpha value is -5.33. The van der Waals surface area contributed by atoms with Gasteiger partial charge in [0, 0.05) is 76.7 Å². The smallest absolute Gasteiger partial charge is 0.388 e. The minimum atomic E-state index is -4.71. The first kappa shape index (κ1) is 45.2. The molecule has 3 aliphatic heterocycles. The summed E-state index contributed by atoms with van der Waals surface area (Å²) in [5.41, 5.74) is -0.216. The highest BCUT2D eigenvalue weighted by Crippen LogP contribution is 2.38. The number of imidazole rings is 1. The summed E-state index contributed by atoms with van der Waals surface area (Å²) in [6.07, 6.45) is -1.32. The number of hydrogen-bond donors (Lipinski definition) is 4. The number of aromatic nitrogens is 4. The zero-order valence-electron chi connectivity index (χ0n) is 36.4. The number of piperazine rings is 1. The molecule has 2 aromatic carbocycles. The minimum absolute atomic E-state index is 0.0156. The van der Waals surface area contributed by atoms with Crippen LogP contribution in [0.1, 0.15) is 82.0 Å². The number of hydrogen-bond acceptors (Lipinski definition) is 12. The number of benzene rings is 2. The summed E-state index contributed by atoms with van der Waals surface area (Å²) in [4.78, 5) is 52.1. The lowest BCUT2D eigenvalue weighted by atomic mass is 9.85. The van der Waals surface area contributed by atoms with E-state index >= 15 is 0 Å². The topological polar surface area (TPSA) is 187 Å². The molecule has 4 aliphatic rings. The number of para-hydroxylation sites is 1. The van der Waals surface area contributed by atoms with Crippen LogP contribution in [0.15, 0.2) is 52.3 Å². The largest absolute Gasteiger partial charge is 0.421 e. The lowest BCUT2D eigenvalue weighted by Crippen LogP contribution is -2.60. The van der Waals surface area contributed by atoms with Gasteiger partial charge in [-0.05, 0) is 95.7 Å². The van der Waals surface area contributed by atoms with Crippen LogP contribution in [0.4, 0.5) is 30.6 Å². The van der Waals surface area contributed by atoms with E-state index in [2.05, 4.69) is 60.8 Å². The van der Waals surface area contributed by atoms with E-state index in [-0.39, 0.29) is 59.7 Å². The summed E-state index contributed by atoms with van der Waals surface area (Å²) in [6.45, 7) is 10.7. The Balaban J connectivity index is 0.857. The first-order valence-electron chi connectivity index (χ1n) is 21.5. The van der Waals surface area contributed by atoms with E-state index in [0.29, 0.717) is 60.1 Å². The summed E-state index contributed by atoms with van der Waals surface area (Å²) in [6, 6.07) is 9.11. The Kier molecular flexibility index (Phi) is 12.0. The van der Waals surface area contributed by atoms with E-state index < -0.39 is 44.9 Å². The average Bonchev–Trinajstić information content (AvgIpc) is 3.47. The van der Waals surface area contributed by atoms with Crippen molar-refractivity contribution in [1.82, 2.24) is 38.9 Å². The zero-order chi connectivity index (χ0) is 45.9. The Morgan fingerprint density at radius 3 is 2.44 bits per heavy atom. The second kappa shape index (κ2) is 16.9. The Bertz CT molecular complexity index is 2730. The second-order valence-corrected chi connectivity index (χ2v) is 19.9. The van der Waals surface area contributed by atoms with Crippen LogP contribution in [0.3, 0.4) is 0 Å². The maximum atomic E-state index is 14.0. The van der Waals surface area contributed by atoms with Crippen LogP contribution in [-0.4, -0.2) is 117 Å². The normalized spacial score (nSPS) is 24.0. The number of imide groups is 1. The number of piperidine rings is 2. The van der Waals surface area contributed by atoms with Crippen LogP contribution in [0.25, 0.3) is 11.0 Å². The molecule has 0 bridgehead atoms. The highest BCUT2D eigenvalue weighted by molar-refractivity contribution is 7.89. The molecule has 8 rings (SSSR count). The molecular formula is C44H53F3N10O6S. The summed E-state index contributed by atoms with van der Waals surface area (Å²) >= 11 is 0. The number of carbonyl (C=O) groups excluding carboxylic acids is 2. The molecule has 2 aromatic heterocycles. The summed E-state index contributed by atoms with van der Waals surface area (Å²) in [5, 5.41) is 15.8. The third kappa shape index (κ3) is 9.13. The Morgan fingerprint density at radius 1 is 1.03 bits per heavy atom. The van der Waals surface area contributed by atoms with Crippen LogP contribution in [0.5, 0.6) is 0 Å². The van der Waals surface area contributed by atoms with E-state index in [4.69, 9.17) is 0 Å². The highest BCUT2D eigenvalue weighted by Gasteiger charge is 2.41. The molecule has 64 heavy (non-hydrogen) atoms. The maximum Gasteiger partial charge on any atom is 0.421 e. The number of amides is 2. The van der Waals surface area contributed by atoms with Crippen LogP contribution < -0.4 is 25.9 Å². The SMILES string of the molecule is Cc1cc(S(=O)(=O)NC2CC(N3CCN(C(C)(C)C#Cc4cccc5c4n(C)c(=O)n5C4CCC(=O)NC4=O)CC3)C2)ccc1Nc1ncc(C(F)(F)F)c(N2CCC[C@](C)(O)C2)n1. The number of sulfonamides is 1. The van der Waals surface area contributed by atoms with Crippen molar-refractivity contribution < 1.29 is 36.3 Å². The molecule has 3 saturated heterocycles.